The molecule has 0 bridgehead atoms. The maximum Gasteiger partial charge on any atom is 0.0507 e. The van der Waals surface area contributed by atoms with Crippen LogP contribution in [0.1, 0.15) is 12.8 Å². The van der Waals surface area contributed by atoms with Crippen LogP contribution in [0.5, 0.6) is 0 Å². The van der Waals surface area contributed by atoms with Gasteiger partial charge in [-0.3, -0.25) is 0 Å². The highest BCUT2D eigenvalue weighted by Crippen LogP contribution is 2.11. The molecule has 2 atom stereocenters. The predicted molar refractivity (Wildman–Crippen MR) is 48.2 cm³/mol. The molecule has 3 heteroatoms. The van der Waals surface area contributed by atoms with Gasteiger partial charge in [0.25, 0.3) is 0 Å². The van der Waals surface area contributed by atoms with Gasteiger partial charge < -0.3 is 15.4 Å². The fourth-order valence-corrected chi connectivity index (χ4v) is 1.91. The number of ether oxygens (including phenoxy) is 1. The van der Waals surface area contributed by atoms with E-state index in [1.54, 1.807) is 0 Å². The molecule has 1 unspecified atom stereocenters. The lowest BCUT2D eigenvalue weighted by molar-refractivity contribution is 0.184. The van der Waals surface area contributed by atoms with Crippen LogP contribution in [-0.4, -0.2) is 38.9 Å². The first-order valence-electron chi connectivity index (χ1n) is 4.97. The SMILES string of the molecule is C1C[C@H](NCC2CCOC2)CN1. The molecular formula is C9H18N2O. The Labute approximate surface area is 73.9 Å². The third-order valence-electron chi connectivity index (χ3n) is 2.78. The first-order chi connectivity index (χ1) is 5.95. The van der Waals surface area contributed by atoms with Gasteiger partial charge in [0.15, 0.2) is 0 Å². The van der Waals surface area contributed by atoms with Crippen molar-refractivity contribution in [3.8, 4) is 0 Å². The van der Waals surface area contributed by atoms with Crippen LogP contribution in [0.3, 0.4) is 0 Å². The molecule has 2 N–H and O–H groups in total. The number of hydrogen-bond donors (Lipinski definition) is 2. The van der Waals surface area contributed by atoms with Crippen molar-refractivity contribution in [3.05, 3.63) is 0 Å². The van der Waals surface area contributed by atoms with E-state index in [4.69, 9.17) is 4.74 Å². The Kier molecular flexibility index (Phi) is 2.98. The van der Waals surface area contributed by atoms with Gasteiger partial charge in [0.05, 0.1) is 6.61 Å². The lowest BCUT2D eigenvalue weighted by atomic mass is 10.1. The van der Waals surface area contributed by atoms with Crippen molar-refractivity contribution in [2.45, 2.75) is 18.9 Å². The Hall–Kier alpha value is -0.120. The zero-order valence-electron chi connectivity index (χ0n) is 7.51. The van der Waals surface area contributed by atoms with Crippen LogP contribution in [-0.2, 0) is 4.74 Å². The highest BCUT2D eigenvalue weighted by molar-refractivity contribution is 4.79. The van der Waals surface area contributed by atoms with Crippen LogP contribution < -0.4 is 10.6 Å². The zero-order valence-corrected chi connectivity index (χ0v) is 7.51. The van der Waals surface area contributed by atoms with Crippen LogP contribution in [0.4, 0.5) is 0 Å². The van der Waals surface area contributed by atoms with Gasteiger partial charge in [-0.15, -0.1) is 0 Å². The van der Waals surface area contributed by atoms with Gasteiger partial charge in [0.2, 0.25) is 0 Å². The van der Waals surface area contributed by atoms with E-state index in [0.717, 1.165) is 32.2 Å². The summed E-state index contributed by atoms with van der Waals surface area (Å²) in [6.07, 6.45) is 2.53. The molecule has 0 aromatic rings. The van der Waals surface area contributed by atoms with E-state index in [2.05, 4.69) is 10.6 Å². The summed E-state index contributed by atoms with van der Waals surface area (Å²) >= 11 is 0. The topological polar surface area (TPSA) is 33.3 Å². The second kappa shape index (κ2) is 4.21. The standard InChI is InChI=1S/C9H18N2O/c1-3-10-6-9(1)11-5-8-2-4-12-7-8/h8-11H,1-7H2/t8?,9-/m0/s1. The monoisotopic (exact) mass is 170 g/mol. The molecule has 12 heavy (non-hydrogen) atoms. The highest BCUT2D eigenvalue weighted by atomic mass is 16.5. The largest absolute Gasteiger partial charge is 0.381 e. The molecule has 2 heterocycles. The van der Waals surface area contributed by atoms with Crippen molar-refractivity contribution in [2.75, 3.05) is 32.8 Å². The Morgan fingerprint density at radius 2 is 2.42 bits per heavy atom. The van der Waals surface area contributed by atoms with Gasteiger partial charge in [0.1, 0.15) is 0 Å². The smallest absolute Gasteiger partial charge is 0.0507 e. The Bertz CT molecular complexity index is 112. The minimum atomic E-state index is 0.714. The fourth-order valence-electron chi connectivity index (χ4n) is 1.91. The van der Waals surface area contributed by atoms with Crippen molar-refractivity contribution < 1.29 is 4.74 Å². The lowest BCUT2D eigenvalue weighted by Gasteiger charge is -2.13. The summed E-state index contributed by atoms with van der Waals surface area (Å²) in [6, 6.07) is 0.714. The van der Waals surface area contributed by atoms with E-state index < -0.39 is 0 Å². The van der Waals surface area contributed by atoms with Gasteiger partial charge in [-0.1, -0.05) is 0 Å². The first kappa shape index (κ1) is 8.48. The molecule has 70 valence electrons. The third-order valence-corrected chi connectivity index (χ3v) is 2.78. The van der Waals surface area contributed by atoms with Crippen molar-refractivity contribution in [1.29, 1.82) is 0 Å². The summed E-state index contributed by atoms with van der Waals surface area (Å²) in [6.45, 7) is 5.40. The Morgan fingerprint density at radius 1 is 1.42 bits per heavy atom. The van der Waals surface area contributed by atoms with Crippen LogP contribution >= 0.6 is 0 Å². The summed E-state index contributed by atoms with van der Waals surface area (Å²) in [5.74, 6) is 0.769. The van der Waals surface area contributed by atoms with Crippen LogP contribution in [0.25, 0.3) is 0 Å². The van der Waals surface area contributed by atoms with Crippen LogP contribution in [0.15, 0.2) is 0 Å². The van der Waals surface area contributed by atoms with E-state index in [0.29, 0.717) is 6.04 Å². The molecule has 2 saturated heterocycles. The quantitative estimate of drug-likeness (QED) is 0.624. The normalized spacial score (nSPS) is 36.0. The average molecular weight is 170 g/mol. The molecule has 0 aromatic carbocycles. The average Bonchev–Trinajstić information content (AvgIpc) is 2.74. The molecule has 3 nitrogen and oxygen atoms in total. The molecule has 0 aliphatic carbocycles. The minimum absolute atomic E-state index is 0.714. The van der Waals surface area contributed by atoms with E-state index >= 15 is 0 Å². The summed E-state index contributed by atoms with van der Waals surface area (Å²) in [7, 11) is 0. The number of rotatable bonds is 3. The van der Waals surface area contributed by atoms with E-state index in [1.807, 2.05) is 0 Å². The second-order valence-electron chi connectivity index (χ2n) is 3.83. The maximum absolute atomic E-state index is 5.32. The van der Waals surface area contributed by atoms with Crippen LogP contribution in [0.2, 0.25) is 0 Å². The van der Waals surface area contributed by atoms with Gasteiger partial charge >= 0.3 is 0 Å². The molecule has 2 fully saturated rings. The van der Waals surface area contributed by atoms with Gasteiger partial charge in [-0.25, -0.2) is 0 Å². The van der Waals surface area contributed by atoms with E-state index in [9.17, 15) is 0 Å². The maximum atomic E-state index is 5.32. The van der Waals surface area contributed by atoms with Crippen LogP contribution in [0, 0.1) is 5.92 Å². The van der Waals surface area contributed by atoms with Gasteiger partial charge in [-0.2, -0.15) is 0 Å². The molecule has 0 spiro atoms. The lowest BCUT2D eigenvalue weighted by Crippen LogP contribution is -2.35. The Balaban J connectivity index is 1.60. The first-order valence-corrected chi connectivity index (χ1v) is 4.97. The molecular weight excluding hydrogens is 152 g/mol. The second-order valence-corrected chi connectivity index (χ2v) is 3.83. The summed E-state index contributed by atoms with van der Waals surface area (Å²) < 4.78 is 5.32. The highest BCUT2D eigenvalue weighted by Gasteiger charge is 2.18. The minimum Gasteiger partial charge on any atom is -0.381 e. The summed E-state index contributed by atoms with van der Waals surface area (Å²) in [5, 5.41) is 6.93. The van der Waals surface area contributed by atoms with Crippen molar-refractivity contribution in [1.82, 2.24) is 10.6 Å². The summed E-state index contributed by atoms with van der Waals surface area (Å²) in [4.78, 5) is 0. The van der Waals surface area contributed by atoms with Gasteiger partial charge in [0, 0.05) is 25.7 Å². The van der Waals surface area contributed by atoms with Gasteiger partial charge in [-0.05, 0) is 25.3 Å². The van der Waals surface area contributed by atoms with Crippen molar-refractivity contribution in [3.63, 3.8) is 0 Å². The fraction of sp³-hybridized carbons (Fsp3) is 1.00. The molecule has 0 radical (unpaired) electrons. The predicted octanol–water partition coefficient (Wildman–Crippen LogP) is -0.0256. The molecule has 2 aliphatic heterocycles. The number of hydrogen-bond acceptors (Lipinski definition) is 3. The molecule has 0 aromatic heterocycles. The van der Waals surface area contributed by atoms with E-state index in [-0.39, 0.29) is 0 Å². The zero-order chi connectivity index (χ0) is 8.23. The Morgan fingerprint density at radius 3 is 3.08 bits per heavy atom. The van der Waals surface area contributed by atoms with Crippen molar-refractivity contribution >= 4 is 0 Å². The third kappa shape index (κ3) is 2.19. The van der Waals surface area contributed by atoms with E-state index in [1.165, 1.54) is 19.4 Å². The molecule has 2 aliphatic rings. The summed E-state index contributed by atoms with van der Waals surface area (Å²) in [5.41, 5.74) is 0. The number of nitrogens with one attached hydrogen (secondary N) is 2. The molecule has 0 saturated carbocycles. The molecule has 0 amide bonds. The molecule has 2 rings (SSSR count). The van der Waals surface area contributed by atoms with Crippen molar-refractivity contribution in [2.24, 2.45) is 5.92 Å².